The number of aromatic nitrogens is 4. The first-order valence-electron chi connectivity index (χ1n) is 11.6. The van der Waals surface area contributed by atoms with Crippen molar-refractivity contribution in [2.45, 2.75) is 44.8 Å². The number of morpholine rings is 1. The lowest BCUT2D eigenvalue weighted by Crippen LogP contribution is -2.36. The Hall–Kier alpha value is -3.20. The molecule has 9 heteroatoms. The lowest BCUT2D eigenvalue weighted by atomic mass is 9.93. The van der Waals surface area contributed by atoms with E-state index in [1.54, 1.807) is 17.8 Å². The van der Waals surface area contributed by atoms with Crippen LogP contribution in [0.1, 0.15) is 31.5 Å². The molecule has 33 heavy (non-hydrogen) atoms. The molecule has 0 radical (unpaired) electrons. The molecule has 9 nitrogen and oxygen atoms in total. The molecule has 0 amide bonds. The van der Waals surface area contributed by atoms with Gasteiger partial charge in [0.15, 0.2) is 0 Å². The summed E-state index contributed by atoms with van der Waals surface area (Å²) < 4.78 is 13.7. The fourth-order valence-corrected chi connectivity index (χ4v) is 4.68. The summed E-state index contributed by atoms with van der Waals surface area (Å²) in [7, 11) is 1.78. The predicted octanol–water partition coefficient (Wildman–Crippen LogP) is 2.67. The van der Waals surface area contributed by atoms with E-state index in [0.717, 1.165) is 72.9 Å². The Morgan fingerprint density at radius 2 is 1.91 bits per heavy atom. The normalized spacial score (nSPS) is 21.2. The molecule has 0 bridgehead atoms. The molecule has 1 aliphatic heterocycles. The van der Waals surface area contributed by atoms with Gasteiger partial charge in [-0.05, 0) is 44.7 Å². The average Bonchev–Trinajstić information content (AvgIpc) is 2.83. The van der Waals surface area contributed by atoms with Crippen LogP contribution in [0.4, 0.5) is 11.5 Å². The second-order valence-corrected chi connectivity index (χ2v) is 8.79. The molecule has 3 heterocycles. The molecule has 2 fully saturated rings. The molecule has 0 atom stereocenters. The number of ether oxygens (including phenoxy) is 2. The van der Waals surface area contributed by atoms with Gasteiger partial charge < -0.3 is 24.3 Å². The minimum Gasteiger partial charge on any atom is -0.488 e. The van der Waals surface area contributed by atoms with Crippen LogP contribution < -0.4 is 20.5 Å². The number of hydrogen-bond acceptors (Lipinski definition) is 8. The van der Waals surface area contributed by atoms with Gasteiger partial charge in [-0.1, -0.05) is 0 Å². The number of anilines is 2. The molecular formula is C24H30N6O3. The van der Waals surface area contributed by atoms with Gasteiger partial charge in [-0.15, -0.1) is 0 Å². The molecule has 1 N–H and O–H groups in total. The molecule has 0 unspecified atom stereocenters. The maximum atomic E-state index is 12.3. The summed E-state index contributed by atoms with van der Waals surface area (Å²) in [6.45, 7) is 4.97. The van der Waals surface area contributed by atoms with Crippen LogP contribution in [-0.2, 0) is 11.8 Å². The quantitative estimate of drug-likeness (QED) is 0.634. The van der Waals surface area contributed by atoms with E-state index in [0.29, 0.717) is 19.3 Å². The van der Waals surface area contributed by atoms with Gasteiger partial charge >= 0.3 is 0 Å². The first-order chi connectivity index (χ1) is 16.1. The van der Waals surface area contributed by atoms with Crippen molar-refractivity contribution < 1.29 is 9.47 Å². The number of nitrogens with zero attached hydrogens (tertiary/aromatic N) is 5. The summed E-state index contributed by atoms with van der Waals surface area (Å²) in [4.78, 5) is 27.6. The van der Waals surface area contributed by atoms with E-state index in [-0.39, 0.29) is 11.7 Å². The summed E-state index contributed by atoms with van der Waals surface area (Å²) in [5.74, 6) is 2.37. The maximum Gasteiger partial charge on any atom is 0.269 e. The van der Waals surface area contributed by atoms with Gasteiger partial charge in [0.1, 0.15) is 22.9 Å². The van der Waals surface area contributed by atoms with Gasteiger partial charge in [-0.2, -0.15) is 0 Å². The van der Waals surface area contributed by atoms with Crippen LogP contribution in [0.5, 0.6) is 5.75 Å². The molecule has 2 aromatic heterocycles. The zero-order chi connectivity index (χ0) is 22.8. The van der Waals surface area contributed by atoms with Gasteiger partial charge in [0.25, 0.3) is 5.56 Å². The molecule has 1 saturated heterocycles. The van der Waals surface area contributed by atoms with Crippen molar-refractivity contribution in [1.82, 2.24) is 19.5 Å². The zero-order valence-corrected chi connectivity index (χ0v) is 19.2. The van der Waals surface area contributed by atoms with Crippen molar-refractivity contribution >= 4 is 22.5 Å². The summed E-state index contributed by atoms with van der Waals surface area (Å²) in [6.07, 6.45) is 7.09. The number of hydrogen-bond donors (Lipinski definition) is 1. The summed E-state index contributed by atoms with van der Waals surface area (Å²) in [5, 5.41) is 3.52. The molecule has 5 rings (SSSR count). The second kappa shape index (κ2) is 9.35. The molecule has 3 aromatic rings. The van der Waals surface area contributed by atoms with Crippen molar-refractivity contribution in [3.63, 3.8) is 0 Å². The highest BCUT2D eigenvalue weighted by Crippen LogP contribution is 2.33. The van der Waals surface area contributed by atoms with E-state index >= 15 is 0 Å². The van der Waals surface area contributed by atoms with Crippen LogP contribution >= 0.6 is 0 Å². The highest BCUT2D eigenvalue weighted by molar-refractivity contribution is 5.85. The van der Waals surface area contributed by atoms with Crippen molar-refractivity contribution in [3.05, 3.63) is 46.8 Å². The molecule has 1 saturated carbocycles. The number of nitrogens with one attached hydrogen (secondary N) is 1. The Labute approximate surface area is 192 Å². The summed E-state index contributed by atoms with van der Waals surface area (Å²) in [6, 6.07) is 6.37. The standard InChI is InChI=1S/C24H30N6O3/c1-16-25-8-7-22(27-16)28-17-3-5-19(6-4-17)33-21-14-18(30-9-11-32-12-10-30)13-20-24(21)29(2)23(31)15-26-20/h7-8,13-15,17,19H,3-6,9-12H2,1-2H3,(H,25,27,28). The maximum absolute atomic E-state index is 12.3. The Bertz CT molecular complexity index is 1180. The first kappa shape index (κ1) is 21.6. The number of benzene rings is 1. The van der Waals surface area contributed by atoms with E-state index < -0.39 is 0 Å². The van der Waals surface area contributed by atoms with Crippen molar-refractivity contribution in [2.24, 2.45) is 7.05 Å². The SMILES string of the molecule is Cc1nccc(NC2CCC(Oc3cc(N4CCOCC4)cc4ncc(=O)n(C)c34)CC2)n1. The van der Waals surface area contributed by atoms with Gasteiger partial charge in [-0.25, -0.2) is 15.0 Å². The minimum absolute atomic E-state index is 0.0913. The highest BCUT2D eigenvalue weighted by Gasteiger charge is 2.25. The van der Waals surface area contributed by atoms with Crippen LogP contribution in [0.2, 0.25) is 0 Å². The third-order valence-corrected chi connectivity index (χ3v) is 6.49. The Balaban J connectivity index is 1.34. The minimum atomic E-state index is -0.139. The Morgan fingerprint density at radius 1 is 1.12 bits per heavy atom. The number of aryl methyl sites for hydroxylation is 2. The molecule has 1 aliphatic carbocycles. The number of rotatable bonds is 5. The van der Waals surface area contributed by atoms with E-state index in [1.165, 1.54) is 6.20 Å². The molecular weight excluding hydrogens is 420 g/mol. The molecule has 2 aliphatic rings. The van der Waals surface area contributed by atoms with E-state index in [1.807, 2.05) is 19.1 Å². The van der Waals surface area contributed by atoms with Gasteiger partial charge in [0.05, 0.1) is 31.0 Å². The fourth-order valence-electron chi connectivity index (χ4n) is 4.68. The molecule has 1 aromatic carbocycles. The molecule has 174 valence electrons. The fraction of sp³-hybridized carbons (Fsp3) is 0.500. The number of fused-ring (bicyclic) bond motifs is 1. The largest absolute Gasteiger partial charge is 0.488 e. The Morgan fingerprint density at radius 3 is 2.67 bits per heavy atom. The third-order valence-electron chi connectivity index (χ3n) is 6.49. The lowest BCUT2D eigenvalue weighted by Gasteiger charge is -2.32. The second-order valence-electron chi connectivity index (χ2n) is 8.79. The third kappa shape index (κ3) is 4.78. The average molecular weight is 451 g/mol. The monoisotopic (exact) mass is 450 g/mol. The predicted molar refractivity (Wildman–Crippen MR) is 127 cm³/mol. The Kier molecular flexibility index (Phi) is 6.13. The van der Waals surface area contributed by atoms with Crippen molar-refractivity contribution in [3.8, 4) is 5.75 Å². The van der Waals surface area contributed by atoms with Gasteiger partial charge in [-0.3, -0.25) is 4.79 Å². The highest BCUT2D eigenvalue weighted by atomic mass is 16.5. The van der Waals surface area contributed by atoms with E-state index in [4.69, 9.17) is 9.47 Å². The van der Waals surface area contributed by atoms with Crippen molar-refractivity contribution in [2.75, 3.05) is 36.5 Å². The lowest BCUT2D eigenvalue weighted by molar-refractivity contribution is 0.122. The van der Waals surface area contributed by atoms with Gasteiger partial charge in [0.2, 0.25) is 0 Å². The van der Waals surface area contributed by atoms with Crippen LogP contribution in [-0.4, -0.2) is 58.0 Å². The van der Waals surface area contributed by atoms with Crippen LogP contribution in [0.3, 0.4) is 0 Å². The van der Waals surface area contributed by atoms with Gasteiger partial charge in [0, 0.05) is 44.1 Å². The molecule has 0 spiro atoms. The van der Waals surface area contributed by atoms with E-state index in [9.17, 15) is 4.79 Å². The van der Waals surface area contributed by atoms with E-state index in [2.05, 4.69) is 31.2 Å². The van der Waals surface area contributed by atoms with Crippen LogP contribution in [0.15, 0.2) is 35.4 Å². The summed E-state index contributed by atoms with van der Waals surface area (Å²) in [5.41, 5.74) is 2.43. The van der Waals surface area contributed by atoms with Crippen LogP contribution in [0, 0.1) is 6.92 Å². The van der Waals surface area contributed by atoms with Crippen molar-refractivity contribution in [1.29, 1.82) is 0 Å². The first-order valence-corrected chi connectivity index (χ1v) is 11.6. The summed E-state index contributed by atoms with van der Waals surface area (Å²) >= 11 is 0. The topological polar surface area (TPSA) is 94.4 Å². The van der Waals surface area contributed by atoms with Crippen LogP contribution in [0.25, 0.3) is 11.0 Å². The smallest absolute Gasteiger partial charge is 0.269 e. The zero-order valence-electron chi connectivity index (χ0n) is 19.2.